The van der Waals surface area contributed by atoms with Gasteiger partial charge in [0.25, 0.3) is 0 Å². The topological polar surface area (TPSA) is 50.2 Å². The molecule has 1 aromatic rings. The van der Waals surface area contributed by atoms with Crippen LogP contribution in [0.2, 0.25) is 0 Å². The predicted molar refractivity (Wildman–Crippen MR) is 105 cm³/mol. The van der Waals surface area contributed by atoms with Crippen molar-refractivity contribution < 1.29 is 18.0 Å². The highest BCUT2D eigenvalue weighted by Gasteiger charge is 2.49. The maximum Gasteiger partial charge on any atom is 0.410 e. The third-order valence-corrected chi connectivity index (χ3v) is 6.75. The Labute approximate surface area is 170 Å². The summed E-state index contributed by atoms with van der Waals surface area (Å²) in [5.41, 5.74) is 0.324. The van der Waals surface area contributed by atoms with Gasteiger partial charge in [0.05, 0.1) is 5.69 Å². The summed E-state index contributed by atoms with van der Waals surface area (Å²) in [6.45, 7) is 9.19. The molecule has 4 rings (SSSR count). The zero-order valence-electron chi connectivity index (χ0n) is 17.6. The molecule has 29 heavy (non-hydrogen) atoms. The SMILES string of the molecule is C[C@@H]1C[C@H]1C(=O)N1CCC[C@@H]([C@@H]2C[C@H](C(F)(F)F)n3nc(C(C)(C)C)cc3N2)C1. The molecule has 3 heterocycles. The number of alkyl halides is 3. The molecule has 0 spiro atoms. The lowest BCUT2D eigenvalue weighted by Gasteiger charge is -2.41. The van der Waals surface area contributed by atoms with Crippen LogP contribution in [-0.4, -0.2) is 45.9 Å². The number of nitrogens with zero attached hydrogens (tertiary/aromatic N) is 3. The van der Waals surface area contributed by atoms with Crippen molar-refractivity contribution in [2.45, 2.75) is 77.1 Å². The highest BCUT2D eigenvalue weighted by molar-refractivity contribution is 5.81. The first-order valence-corrected chi connectivity index (χ1v) is 10.7. The number of amides is 1. The molecule has 5 nitrogen and oxygen atoms in total. The van der Waals surface area contributed by atoms with Crippen molar-refractivity contribution in [2.75, 3.05) is 18.4 Å². The molecule has 0 unspecified atom stereocenters. The highest BCUT2D eigenvalue weighted by atomic mass is 19.4. The van der Waals surface area contributed by atoms with E-state index in [1.165, 1.54) is 0 Å². The minimum atomic E-state index is -4.36. The average Bonchev–Trinajstić information content (AvgIpc) is 3.19. The molecule has 1 aliphatic carbocycles. The number of carbonyl (C=O) groups is 1. The number of likely N-dealkylation sites (tertiary alicyclic amines) is 1. The summed E-state index contributed by atoms with van der Waals surface area (Å²) >= 11 is 0. The number of halogens is 3. The Hall–Kier alpha value is -1.73. The van der Waals surface area contributed by atoms with Crippen LogP contribution < -0.4 is 5.32 Å². The Morgan fingerprint density at radius 1 is 1.24 bits per heavy atom. The maximum atomic E-state index is 13.9. The monoisotopic (exact) mass is 412 g/mol. The molecule has 5 atom stereocenters. The van der Waals surface area contributed by atoms with Crippen molar-refractivity contribution in [3.05, 3.63) is 11.8 Å². The summed E-state index contributed by atoms with van der Waals surface area (Å²) < 4.78 is 42.7. The van der Waals surface area contributed by atoms with Crippen molar-refractivity contribution in [1.82, 2.24) is 14.7 Å². The number of piperidine rings is 1. The zero-order chi connectivity index (χ0) is 21.1. The normalized spacial score (nSPS) is 32.5. The van der Waals surface area contributed by atoms with Gasteiger partial charge in [-0.1, -0.05) is 27.7 Å². The second-order valence-electron chi connectivity index (χ2n) is 10.2. The fourth-order valence-corrected chi connectivity index (χ4v) is 4.72. The Morgan fingerprint density at radius 2 is 1.93 bits per heavy atom. The standard InChI is InChI=1S/C21H31F3N4O/c1-12-8-14(12)19(29)27-7-5-6-13(11-27)15-9-17(21(22,23)24)28-18(25-15)10-16(26-28)20(2,3)4/h10,12-15,17,25H,5-9,11H2,1-4H3/t12-,13-,14-,15+,17-/m1/s1. The van der Waals surface area contributed by atoms with Gasteiger partial charge in [-0.3, -0.25) is 4.79 Å². The number of fused-ring (bicyclic) bond motifs is 1. The van der Waals surface area contributed by atoms with Crippen LogP contribution >= 0.6 is 0 Å². The summed E-state index contributed by atoms with van der Waals surface area (Å²) in [6.07, 6.45) is -1.78. The number of nitrogens with one attached hydrogen (secondary N) is 1. The molecule has 2 fully saturated rings. The lowest BCUT2D eigenvalue weighted by atomic mass is 9.85. The molecule has 1 saturated carbocycles. The molecular weight excluding hydrogens is 381 g/mol. The van der Waals surface area contributed by atoms with E-state index in [0.717, 1.165) is 30.5 Å². The minimum Gasteiger partial charge on any atom is -0.367 e. The molecule has 0 bridgehead atoms. The number of aromatic nitrogens is 2. The zero-order valence-corrected chi connectivity index (χ0v) is 17.6. The van der Waals surface area contributed by atoms with Crippen molar-refractivity contribution in [3.63, 3.8) is 0 Å². The minimum absolute atomic E-state index is 0.0216. The fraction of sp³-hybridized carbons (Fsp3) is 0.810. The van der Waals surface area contributed by atoms with Crippen molar-refractivity contribution in [2.24, 2.45) is 17.8 Å². The molecule has 8 heteroatoms. The van der Waals surface area contributed by atoms with Gasteiger partial charge in [0, 0.05) is 36.5 Å². The first-order chi connectivity index (χ1) is 13.4. The third kappa shape index (κ3) is 3.99. The number of rotatable bonds is 2. The van der Waals surface area contributed by atoms with Crippen LogP contribution in [0.15, 0.2) is 6.07 Å². The van der Waals surface area contributed by atoms with E-state index in [2.05, 4.69) is 17.3 Å². The lowest BCUT2D eigenvalue weighted by Crippen LogP contribution is -2.49. The predicted octanol–water partition coefficient (Wildman–Crippen LogP) is 4.36. The van der Waals surface area contributed by atoms with Crippen LogP contribution in [0.1, 0.15) is 65.1 Å². The van der Waals surface area contributed by atoms with E-state index < -0.39 is 12.2 Å². The van der Waals surface area contributed by atoms with E-state index in [1.54, 1.807) is 6.07 Å². The molecule has 0 aromatic carbocycles. The largest absolute Gasteiger partial charge is 0.410 e. The number of hydrogen-bond acceptors (Lipinski definition) is 3. The van der Waals surface area contributed by atoms with E-state index in [1.807, 2.05) is 25.7 Å². The summed E-state index contributed by atoms with van der Waals surface area (Å²) in [5.74, 6) is 1.20. The quantitative estimate of drug-likeness (QED) is 0.785. The van der Waals surface area contributed by atoms with Gasteiger partial charge in [0.1, 0.15) is 5.82 Å². The average molecular weight is 413 g/mol. The van der Waals surface area contributed by atoms with Crippen LogP contribution in [0.25, 0.3) is 0 Å². The van der Waals surface area contributed by atoms with E-state index >= 15 is 0 Å². The van der Waals surface area contributed by atoms with Gasteiger partial charge in [-0.25, -0.2) is 4.68 Å². The summed E-state index contributed by atoms with van der Waals surface area (Å²) in [4.78, 5) is 14.5. The molecule has 3 aliphatic rings. The highest BCUT2D eigenvalue weighted by Crippen LogP contribution is 2.44. The second-order valence-corrected chi connectivity index (χ2v) is 10.2. The summed E-state index contributed by atoms with van der Waals surface area (Å²) in [6, 6.07) is -0.192. The van der Waals surface area contributed by atoms with Gasteiger partial charge >= 0.3 is 6.18 Å². The van der Waals surface area contributed by atoms with Gasteiger partial charge in [0.15, 0.2) is 6.04 Å². The Bertz CT molecular complexity index is 782. The van der Waals surface area contributed by atoms with E-state index in [9.17, 15) is 18.0 Å². The summed E-state index contributed by atoms with van der Waals surface area (Å²) in [5, 5.41) is 7.64. The molecule has 1 amide bonds. The second kappa shape index (κ2) is 6.91. The number of anilines is 1. The molecular formula is C21H31F3N4O. The molecule has 1 saturated heterocycles. The van der Waals surface area contributed by atoms with Crippen LogP contribution in [0.5, 0.6) is 0 Å². The van der Waals surface area contributed by atoms with E-state index in [-0.39, 0.29) is 35.6 Å². The van der Waals surface area contributed by atoms with Crippen LogP contribution in [0.4, 0.5) is 19.0 Å². The molecule has 2 aliphatic heterocycles. The summed E-state index contributed by atoms with van der Waals surface area (Å²) in [7, 11) is 0. The smallest absolute Gasteiger partial charge is 0.367 e. The van der Waals surface area contributed by atoms with Crippen LogP contribution in [-0.2, 0) is 10.2 Å². The first kappa shape index (κ1) is 20.5. The van der Waals surface area contributed by atoms with Crippen molar-refractivity contribution >= 4 is 11.7 Å². The third-order valence-electron chi connectivity index (χ3n) is 6.75. The van der Waals surface area contributed by atoms with Crippen molar-refractivity contribution in [3.8, 4) is 0 Å². The maximum absolute atomic E-state index is 13.9. The van der Waals surface area contributed by atoms with Gasteiger partial charge < -0.3 is 10.2 Å². The van der Waals surface area contributed by atoms with Crippen molar-refractivity contribution in [1.29, 1.82) is 0 Å². The molecule has 0 radical (unpaired) electrons. The lowest BCUT2D eigenvalue weighted by molar-refractivity contribution is -0.175. The Balaban J connectivity index is 1.55. The molecule has 1 N–H and O–H groups in total. The fourth-order valence-electron chi connectivity index (χ4n) is 4.72. The Kier molecular flexibility index (Phi) is 4.89. The van der Waals surface area contributed by atoms with Gasteiger partial charge in [-0.2, -0.15) is 18.3 Å². The van der Waals surface area contributed by atoms with E-state index in [4.69, 9.17) is 0 Å². The first-order valence-electron chi connectivity index (χ1n) is 10.7. The molecule has 1 aromatic heterocycles. The number of hydrogen-bond donors (Lipinski definition) is 1. The van der Waals surface area contributed by atoms with E-state index in [0.29, 0.717) is 24.0 Å². The van der Waals surface area contributed by atoms with Gasteiger partial charge in [-0.05, 0) is 37.5 Å². The van der Waals surface area contributed by atoms with Gasteiger partial charge in [0.2, 0.25) is 5.91 Å². The molecule has 162 valence electrons. The van der Waals surface area contributed by atoms with Crippen LogP contribution in [0.3, 0.4) is 0 Å². The van der Waals surface area contributed by atoms with Gasteiger partial charge in [-0.15, -0.1) is 0 Å². The Morgan fingerprint density at radius 3 is 2.52 bits per heavy atom. The number of carbonyl (C=O) groups excluding carboxylic acids is 1. The van der Waals surface area contributed by atoms with Crippen LogP contribution in [0, 0.1) is 17.8 Å².